The SMILES string of the molecule is C=C(CC)CN1CCN(C)c2cc(OCCC(C)(C)CCC(C)(C)COc3cc4c(cc3OC)C(=O)N3CC(=C)C[C@H]3C=N4)c(C)cc2C1=O. The summed E-state index contributed by atoms with van der Waals surface area (Å²) in [6.07, 6.45) is 6.29. The quantitative estimate of drug-likeness (QED) is 0.188. The number of aryl methyl sites for hydroxylation is 1. The molecular weight excluding hydrogens is 628 g/mol. The number of methoxy groups -OCH3 is 1. The predicted octanol–water partition coefficient (Wildman–Crippen LogP) is 8.03. The van der Waals surface area contributed by atoms with Crippen molar-refractivity contribution in [3.05, 3.63) is 65.3 Å². The van der Waals surface area contributed by atoms with Crippen LogP contribution in [-0.2, 0) is 0 Å². The molecule has 0 aliphatic carbocycles. The van der Waals surface area contributed by atoms with Crippen LogP contribution in [0, 0.1) is 17.8 Å². The number of likely N-dealkylation sites (N-methyl/N-ethyl adjacent to an activating group) is 1. The Bertz CT molecular complexity index is 1680. The molecule has 0 aromatic heterocycles. The summed E-state index contributed by atoms with van der Waals surface area (Å²) in [6, 6.07) is 7.53. The Morgan fingerprint density at radius 2 is 1.68 bits per heavy atom. The second kappa shape index (κ2) is 14.9. The van der Waals surface area contributed by atoms with Crippen LogP contribution in [0.15, 0.2) is 53.6 Å². The van der Waals surface area contributed by atoms with Crippen LogP contribution in [0.5, 0.6) is 17.2 Å². The highest BCUT2D eigenvalue weighted by Crippen LogP contribution is 2.40. The number of hydrogen-bond donors (Lipinski definition) is 0. The van der Waals surface area contributed by atoms with E-state index < -0.39 is 0 Å². The maximum absolute atomic E-state index is 13.5. The first-order chi connectivity index (χ1) is 23.6. The number of nitrogens with zero attached hydrogens (tertiary/aromatic N) is 4. The fourth-order valence-corrected chi connectivity index (χ4v) is 6.70. The number of aliphatic imine (C=N–C) groups is 1. The molecule has 0 spiro atoms. The van der Waals surface area contributed by atoms with Gasteiger partial charge in [0.2, 0.25) is 0 Å². The van der Waals surface area contributed by atoms with Crippen LogP contribution in [0.3, 0.4) is 0 Å². The van der Waals surface area contributed by atoms with Gasteiger partial charge in [0, 0.05) is 51.6 Å². The van der Waals surface area contributed by atoms with Gasteiger partial charge < -0.3 is 28.9 Å². The van der Waals surface area contributed by atoms with Crippen molar-refractivity contribution in [1.29, 1.82) is 0 Å². The molecule has 0 saturated carbocycles. The average Bonchev–Trinajstić information content (AvgIpc) is 3.36. The first kappa shape index (κ1) is 37.0. The lowest BCUT2D eigenvalue weighted by Crippen LogP contribution is -2.35. The minimum Gasteiger partial charge on any atom is -0.493 e. The Hall–Kier alpha value is -4.27. The van der Waals surface area contributed by atoms with Crippen molar-refractivity contribution in [2.75, 3.05) is 58.5 Å². The molecule has 2 amide bonds. The number of fused-ring (bicyclic) bond motifs is 3. The van der Waals surface area contributed by atoms with Gasteiger partial charge in [0.1, 0.15) is 5.75 Å². The van der Waals surface area contributed by atoms with Gasteiger partial charge in [-0.1, -0.05) is 58.9 Å². The van der Waals surface area contributed by atoms with Gasteiger partial charge in [0.05, 0.1) is 48.9 Å². The number of amides is 2. The number of benzene rings is 2. The van der Waals surface area contributed by atoms with Crippen LogP contribution in [0.2, 0.25) is 0 Å². The normalized spacial score (nSPS) is 17.6. The minimum absolute atomic E-state index is 0.0430. The third-order valence-electron chi connectivity index (χ3n) is 10.4. The maximum atomic E-state index is 13.5. The molecule has 3 aliphatic heterocycles. The summed E-state index contributed by atoms with van der Waals surface area (Å²) < 4.78 is 18.4. The Balaban J connectivity index is 1.16. The monoisotopic (exact) mass is 684 g/mol. The zero-order chi connectivity index (χ0) is 36.4. The Labute approximate surface area is 299 Å². The minimum atomic E-state index is -0.111. The molecule has 0 radical (unpaired) electrons. The van der Waals surface area contributed by atoms with E-state index in [0.29, 0.717) is 55.6 Å². The van der Waals surface area contributed by atoms with Crippen molar-refractivity contribution in [3.8, 4) is 17.2 Å². The van der Waals surface area contributed by atoms with Crippen LogP contribution in [0.4, 0.5) is 11.4 Å². The smallest absolute Gasteiger partial charge is 0.257 e. The van der Waals surface area contributed by atoms with Crippen molar-refractivity contribution in [1.82, 2.24) is 9.80 Å². The number of ether oxygens (including phenoxy) is 3. The summed E-state index contributed by atoms with van der Waals surface area (Å²) in [6.45, 7) is 24.9. The molecule has 270 valence electrons. The van der Waals surface area contributed by atoms with E-state index in [1.807, 2.05) is 48.2 Å². The number of rotatable bonds is 14. The zero-order valence-corrected chi connectivity index (χ0v) is 31.5. The number of carbonyl (C=O) groups excluding carboxylic acids is 2. The molecule has 2 aromatic carbocycles. The predicted molar refractivity (Wildman–Crippen MR) is 202 cm³/mol. The molecule has 3 aliphatic rings. The van der Waals surface area contributed by atoms with Crippen molar-refractivity contribution >= 4 is 29.4 Å². The molecule has 1 saturated heterocycles. The van der Waals surface area contributed by atoms with Gasteiger partial charge in [-0.2, -0.15) is 0 Å². The topological polar surface area (TPSA) is 83.9 Å². The van der Waals surface area contributed by atoms with Gasteiger partial charge in [-0.3, -0.25) is 14.6 Å². The van der Waals surface area contributed by atoms with Gasteiger partial charge in [-0.15, -0.1) is 0 Å². The van der Waals surface area contributed by atoms with Crippen LogP contribution in [0.1, 0.15) is 93.0 Å². The molecule has 3 heterocycles. The molecular formula is C41H56N4O5. The Morgan fingerprint density at radius 1 is 0.940 bits per heavy atom. The molecule has 0 N–H and O–H groups in total. The highest BCUT2D eigenvalue weighted by molar-refractivity contribution is 6.04. The first-order valence-corrected chi connectivity index (χ1v) is 17.9. The van der Waals surface area contributed by atoms with E-state index in [4.69, 9.17) is 14.2 Å². The summed E-state index contributed by atoms with van der Waals surface area (Å²) in [5, 5.41) is 0. The van der Waals surface area contributed by atoms with Gasteiger partial charge in [-0.05, 0) is 67.6 Å². The molecule has 50 heavy (non-hydrogen) atoms. The van der Waals surface area contributed by atoms with Crippen LogP contribution in [0.25, 0.3) is 0 Å². The standard InChI is InChI=1S/C41H56N4O5/c1-11-27(2)24-44-16-15-43(9)34-22-35(29(4)19-32(34)38(44)46)49-17-14-40(5,6)12-13-41(7,8)26-50-37-21-33-31(20-36(37)48-10)39(47)45-25-28(3)18-30(45)23-42-33/h19-23,30H,2-3,11-18,24-26H2,1,4-10H3/t30-/m0/s1. The van der Waals surface area contributed by atoms with Crippen molar-refractivity contribution in [2.24, 2.45) is 15.8 Å². The van der Waals surface area contributed by atoms with Gasteiger partial charge >= 0.3 is 0 Å². The van der Waals surface area contributed by atoms with E-state index in [0.717, 1.165) is 72.4 Å². The highest BCUT2D eigenvalue weighted by Gasteiger charge is 2.35. The number of hydrogen-bond acceptors (Lipinski definition) is 7. The lowest BCUT2D eigenvalue weighted by atomic mass is 9.78. The summed E-state index contributed by atoms with van der Waals surface area (Å²) in [4.78, 5) is 37.3. The van der Waals surface area contributed by atoms with Crippen molar-refractivity contribution in [2.45, 2.75) is 79.7 Å². The largest absolute Gasteiger partial charge is 0.493 e. The lowest BCUT2D eigenvalue weighted by molar-refractivity contribution is 0.0771. The molecule has 9 heteroatoms. The second-order valence-corrected chi connectivity index (χ2v) is 15.9. The van der Waals surface area contributed by atoms with Crippen molar-refractivity contribution < 1.29 is 23.8 Å². The lowest BCUT2D eigenvalue weighted by Gasteiger charge is -2.31. The molecule has 0 unspecified atom stereocenters. The molecule has 1 atom stereocenters. The van der Waals surface area contributed by atoms with Crippen LogP contribution >= 0.6 is 0 Å². The van der Waals surface area contributed by atoms with E-state index in [-0.39, 0.29) is 28.7 Å². The zero-order valence-electron chi connectivity index (χ0n) is 31.5. The Morgan fingerprint density at radius 3 is 2.40 bits per heavy atom. The highest BCUT2D eigenvalue weighted by atomic mass is 16.5. The number of carbonyl (C=O) groups is 2. The fourth-order valence-electron chi connectivity index (χ4n) is 6.70. The summed E-state index contributed by atoms with van der Waals surface area (Å²) in [5.41, 5.74) is 5.76. The van der Waals surface area contributed by atoms with Crippen LogP contribution < -0.4 is 19.1 Å². The van der Waals surface area contributed by atoms with Crippen molar-refractivity contribution in [3.63, 3.8) is 0 Å². The van der Waals surface area contributed by atoms with Gasteiger partial charge in [-0.25, -0.2) is 0 Å². The second-order valence-electron chi connectivity index (χ2n) is 15.9. The van der Waals surface area contributed by atoms with Crippen LogP contribution in [-0.4, -0.2) is 87.4 Å². The molecule has 9 nitrogen and oxygen atoms in total. The summed E-state index contributed by atoms with van der Waals surface area (Å²) >= 11 is 0. The molecule has 2 aromatic rings. The molecule has 5 rings (SSSR count). The molecule has 0 bridgehead atoms. The van der Waals surface area contributed by atoms with E-state index in [1.54, 1.807) is 13.2 Å². The summed E-state index contributed by atoms with van der Waals surface area (Å²) in [7, 11) is 3.63. The third-order valence-corrected chi connectivity index (χ3v) is 10.4. The molecule has 1 fully saturated rings. The van der Waals surface area contributed by atoms with E-state index in [1.165, 1.54) is 0 Å². The third kappa shape index (κ3) is 8.36. The van der Waals surface area contributed by atoms with E-state index >= 15 is 0 Å². The van der Waals surface area contributed by atoms with Gasteiger partial charge in [0.15, 0.2) is 11.5 Å². The van der Waals surface area contributed by atoms with E-state index in [2.05, 4.69) is 57.7 Å². The fraction of sp³-hybridized carbons (Fsp3) is 0.537. The summed E-state index contributed by atoms with van der Waals surface area (Å²) in [5.74, 6) is 1.94. The maximum Gasteiger partial charge on any atom is 0.257 e. The number of anilines is 1. The van der Waals surface area contributed by atoms with Gasteiger partial charge in [0.25, 0.3) is 11.8 Å². The van der Waals surface area contributed by atoms with E-state index in [9.17, 15) is 9.59 Å². The average molecular weight is 685 g/mol. The first-order valence-electron chi connectivity index (χ1n) is 17.9. The Kier molecular flexibility index (Phi) is 11.0.